The van der Waals surface area contributed by atoms with Gasteiger partial charge in [0.15, 0.2) is 0 Å². The van der Waals surface area contributed by atoms with Gasteiger partial charge < -0.3 is 10.6 Å². The number of thiophene rings is 1. The standard InChI is InChI=1S/C17H22N2OS/c20-17(19-11-14-6-4-10-18-14)9-3-5-13-12-21-16-8-2-1-7-15(13)16/h1-2,7-8,12,14,18H,3-6,9-11H2,(H,19,20). The van der Waals surface area contributed by atoms with Crippen molar-refractivity contribution in [3.63, 3.8) is 0 Å². The summed E-state index contributed by atoms with van der Waals surface area (Å²) in [7, 11) is 0. The van der Waals surface area contributed by atoms with Gasteiger partial charge in [-0.25, -0.2) is 0 Å². The summed E-state index contributed by atoms with van der Waals surface area (Å²) in [4.78, 5) is 11.9. The number of aryl methyl sites for hydroxylation is 1. The molecule has 1 fully saturated rings. The van der Waals surface area contributed by atoms with Crippen molar-refractivity contribution < 1.29 is 4.79 Å². The predicted molar refractivity (Wildman–Crippen MR) is 88.8 cm³/mol. The molecule has 1 atom stereocenters. The number of rotatable bonds is 6. The van der Waals surface area contributed by atoms with Crippen LogP contribution >= 0.6 is 11.3 Å². The Labute approximate surface area is 129 Å². The van der Waals surface area contributed by atoms with Crippen LogP contribution in [0.5, 0.6) is 0 Å². The average molecular weight is 302 g/mol. The van der Waals surface area contributed by atoms with Crippen LogP contribution in [0.25, 0.3) is 10.1 Å². The van der Waals surface area contributed by atoms with E-state index < -0.39 is 0 Å². The second kappa shape index (κ2) is 7.05. The smallest absolute Gasteiger partial charge is 0.220 e. The number of carbonyl (C=O) groups excluding carboxylic acids is 1. The van der Waals surface area contributed by atoms with Gasteiger partial charge in [0.05, 0.1) is 0 Å². The van der Waals surface area contributed by atoms with Crippen molar-refractivity contribution in [1.82, 2.24) is 10.6 Å². The molecule has 4 heteroatoms. The van der Waals surface area contributed by atoms with E-state index in [4.69, 9.17) is 0 Å². The van der Waals surface area contributed by atoms with Gasteiger partial charge in [0, 0.05) is 23.7 Å². The highest BCUT2D eigenvalue weighted by molar-refractivity contribution is 7.17. The first-order chi connectivity index (χ1) is 10.3. The Bertz CT molecular complexity index is 602. The maximum absolute atomic E-state index is 11.9. The van der Waals surface area contributed by atoms with E-state index in [1.54, 1.807) is 11.3 Å². The van der Waals surface area contributed by atoms with Crippen molar-refractivity contribution in [2.45, 2.75) is 38.1 Å². The zero-order chi connectivity index (χ0) is 14.5. The molecule has 0 aliphatic carbocycles. The normalized spacial score (nSPS) is 18.2. The molecule has 1 saturated heterocycles. The molecule has 2 N–H and O–H groups in total. The summed E-state index contributed by atoms with van der Waals surface area (Å²) in [5.74, 6) is 0.184. The molecule has 1 aliphatic rings. The van der Waals surface area contributed by atoms with E-state index in [0.717, 1.165) is 25.9 Å². The van der Waals surface area contributed by atoms with Crippen LogP contribution in [0.2, 0.25) is 0 Å². The number of benzene rings is 1. The van der Waals surface area contributed by atoms with E-state index in [2.05, 4.69) is 40.3 Å². The third-order valence-electron chi connectivity index (χ3n) is 4.12. The molecule has 0 bridgehead atoms. The first-order valence-corrected chi connectivity index (χ1v) is 8.66. The summed E-state index contributed by atoms with van der Waals surface area (Å²) in [6.45, 7) is 1.87. The minimum Gasteiger partial charge on any atom is -0.355 e. The van der Waals surface area contributed by atoms with E-state index in [1.807, 2.05) is 0 Å². The van der Waals surface area contributed by atoms with Crippen LogP contribution < -0.4 is 10.6 Å². The van der Waals surface area contributed by atoms with E-state index >= 15 is 0 Å². The van der Waals surface area contributed by atoms with Crippen molar-refractivity contribution >= 4 is 27.3 Å². The summed E-state index contributed by atoms with van der Waals surface area (Å²) in [5.41, 5.74) is 1.38. The van der Waals surface area contributed by atoms with Gasteiger partial charge in [0.2, 0.25) is 5.91 Å². The fourth-order valence-electron chi connectivity index (χ4n) is 2.92. The Balaban J connectivity index is 1.42. The molecule has 21 heavy (non-hydrogen) atoms. The van der Waals surface area contributed by atoms with Gasteiger partial charge in [0.1, 0.15) is 0 Å². The van der Waals surface area contributed by atoms with Gasteiger partial charge in [0.25, 0.3) is 0 Å². The SMILES string of the molecule is O=C(CCCc1csc2ccccc12)NCC1CCCN1. The maximum atomic E-state index is 11.9. The first-order valence-electron chi connectivity index (χ1n) is 7.78. The first kappa shape index (κ1) is 14.5. The number of hydrogen-bond acceptors (Lipinski definition) is 3. The molecule has 112 valence electrons. The molecule has 2 heterocycles. The minimum atomic E-state index is 0.184. The Morgan fingerprint density at radius 1 is 1.38 bits per heavy atom. The van der Waals surface area contributed by atoms with Gasteiger partial charge in [-0.2, -0.15) is 0 Å². The van der Waals surface area contributed by atoms with Crippen molar-refractivity contribution in [2.24, 2.45) is 0 Å². The van der Waals surface area contributed by atoms with Crippen molar-refractivity contribution in [3.8, 4) is 0 Å². The number of amides is 1. The zero-order valence-electron chi connectivity index (χ0n) is 12.2. The summed E-state index contributed by atoms with van der Waals surface area (Å²) in [5, 5.41) is 10.0. The van der Waals surface area contributed by atoms with Crippen LogP contribution in [0.1, 0.15) is 31.2 Å². The van der Waals surface area contributed by atoms with E-state index in [-0.39, 0.29) is 5.91 Å². The molecule has 0 spiro atoms. The van der Waals surface area contributed by atoms with Crippen molar-refractivity contribution in [2.75, 3.05) is 13.1 Å². The van der Waals surface area contributed by atoms with Crippen LogP contribution in [0.15, 0.2) is 29.6 Å². The Morgan fingerprint density at radius 2 is 2.29 bits per heavy atom. The lowest BCUT2D eigenvalue weighted by molar-refractivity contribution is -0.121. The Hall–Kier alpha value is -1.39. The predicted octanol–water partition coefficient (Wildman–Crippen LogP) is 3.09. The molecule has 1 aromatic carbocycles. The molecule has 1 aromatic heterocycles. The fourth-order valence-corrected chi connectivity index (χ4v) is 3.92. The summed E-state index contributed by atoms with van der Waals surface area (Å²) in [6, 6.07) is 8.97. The highest BCUT2D eigenvalue weighted by Gasteiger charge is 2.14. The highest BCUT2D eigenvalue weighted by Crippen LogP contribution is 2.26. The molecule has 1 amide bonds. The van der Waals surface area contributed by atoms with Gasteiger partial charge in [-0.05, 0) is 54.6 Å². The highest BCUT2D eigenvalue weighted by atomic mass is 32.1. The van der Waals surface area contributed by atoms with Gasteiger partial charge in [-0.3, -0.25) is 4.79 Å². The molecule has 0 radical (unpaired) electrons. The molecule has 2 aromatic rings. The van der Waals surface area contributed by atoms with E-state index in [0.29, 0.717) is 12.5 Å². The lowest BCUT2D eigenvalue weighted by Gasteiger charge is -2.11. The van der Waals surface area contributed by atoms with E-state index in [9.17, 15) is 4.79 Å². The molecular formula is C17H22N2OS. The Morgan fingerprint density at radius 3 is 3.14 bits per heavy atom. The molecule has 1 unspecified atom stereocenters. The molecular weight excluding hydrogens is 280 g/mol. The third-order valence-corrected chi connectivity index (χ3v) is 5.13. The molecule has 1 aliphatic heterocycles. The third kappa shape index (κ3) is 3.83. The van der Waals surface area contributed by atoms with Gasteiger partial charge in [-0.1, -0.05) is 18.2 Å². The Kier molecular flexibility index (Phi) is 4.88. The second-order valence-electron chi connectivity index (χ2n) is 5.71. The molecule has 0 saturated carbocycles. The quantitative estimate of drug-likeness (QED) is 0.861. The van der Waals surface area contributed by atoms with Crippen molar-refractivity contribution in [1.29, 1.82) is 0 Å². The van der Waals surface area contributed by atoms with Crippen LogP contribution in [-0.2, 0) is 11.2 Å². The summed E-state index contributed by atoms with van der Waals surface area (Å²) < 4.78 is 1.34. The average Bonchev–Trinajstić information content (AvgIpc) is 3.15. The van der Waals surface area contributed by atoms with Crippen LogP contribution in [-0.4, -0.2) is 25.0 Å². The number of hydrogen-bond donors (Lipinski definition) is 2. The maximum Gasteiger partial charge on any atom is 0.220 e. The summed E-state index contributed by atoms with van der Waals surface area (Å²) in [6.07, 6.45) is 4.94. The van der Waals surface area contributed by atoms with Crippen LogP contribution in [0, 0.1) is 0 Å². The number of nitrogens with one attached hydrogen (secondary N) is 2. The largest absolute Gasteiger partial charge is 0.355 e. The van der Waals surface area contributed by atoms with Gasteiger partial charge >= 0.3 is 0 Å². The topological polar surface area (TPSA) is 41.1 Å². The van der Waals surface area contributed by atoms with Crippen LogP contribution in [0.3, 0.4) is 0 Å². The fraction of sp³-hybridized carbons (Fsp3) is 0.471. The van der Waals surface area contributed by atoms with E-state index in [1.165, 1.54) is 28.5 Å². The minimum absolute atomic E-state index is 0.184. The zero-order valence-corrected chi connectivity index (χ0v) is 13.0. The van der Waals surface area contributed by atoms with Crippen LogP contribution in [0.4, 0.5) is 0 Å². The monoisotopic (exact) mass is 302 g/mol. The van der Waals surface area contributed by atoms with Crippen molar-refractivity contribution in [3.05, 3.63) is 35.2 Å². The number of carbonyl (C=O) groups is 1. The molecule has 3 nitrogen and oxygen atoms in total. The molecule has 3 rings (SSSR count). The lowest BCUT2D eigenvalue weighted by Crippen LogP contribution is -2.37. The summed E-state index contributed by atoms with van der Waals surface area (Å²) >= 11 is 1.79. The second-order valence-corrected chi connectivity index (χ2v) is 6.62. The lowest BCUT2D eigenvalue weighted by atomic mass is 10.1. The van der Waals surface area contributed by atoms with Gasteiger partial charge in [-0.15, -0.1) is 11.3 Å². The number of fused-ring (bicyclic) bond motifs is 1.